The highest BCUT2D eigenvalue weighted by atomic mass is 15.3. The molecule has 1 aromatic heterocycles. The van der Waals surface area contributed by atoms with Gasteiger partial charge in [-0.25, -0.2) is 0 Å². The van der Waals surface area contributed by atoms with Crippen LogP contribution in [0.5, 0.6) is 0 Å². The maximum absolute atomic E-state index is 4.01. The number of rotatable bonds is 6. The second-order valence-corrected chi connectivity index (χ2v) is 2.72. The van der Waals surface area contributed by atoms with Crippen LogP contribution in [0, 0.1) is 0 Å². The summed E-state index contributed by atoms with van der Waals surface area (Å²) in [6.45, 7) is 4.44. The summed E-state index contributed by atoms with van der Waals surface area (Å²) >= 11 is 0. The Morgan fingerprint density at radius 3 is 3.21 bits per heavy atom. The van der Waals surface area contributed by atoms with E-state index < -0.39 is 0 Å². The van der Waals surface area contributed by atoms with Crippen LogP contribution in [-0.4, -0.2) is 23.0 Å². The molecule has 0 aliphatic carbocycles. The Bertz CT molecular complexity index is 281. The zero-order valence-corrected chi connectivity index (χ0v) is 8.06. The predicted octanol–water partition coefficient (Wildman–Crippen LogP) is 1.17. The Balaban J connectivity index is 2.17. The van der Waals surface area contributed by atoms with Gasteiger partial charge < -0.3 is 5.43 Å². The Labute approximate surface area is 83.8 Å². The molecule has 0 aromatic carbocycles. The molecule has 0 unspecified atom stereocenters. The van der Waals surface area contributed by atoms with Gasteiger partial charge in [-0.3, -0.25) is 0 Å². The number of nitrogens with zero attached hydrogens (tertiary/aromatic N) is 3. The van der Waals surface area contributed by atoms with Gasteiger partial charge in [0.05, 0.1) is 5.69 Å². The van der Waals surface area contributed by atoms with Crippen LogP contribution in [0.4, 0.5) is 0 Å². The quantitative estimate of drug-likeness (QED) is 0.317. The molecular formula is C10H14N4. The van der Waals surface area contributed by atoms with Crippen LogP contribution in [0.2, 0.25) is 0 Å². The van der Waals surface area contributed by atoms with E-state index in [1.165, 1.54) is 0 Å². The van der Waals surface area contributed by atoms with Crippen molar-refractivity contribution in [2.45, 2.75) is 12.8 Å². The Hall–Kier alpha value is -1.71. The third-order valence-electron chi connectivity index (χ3n) is 1.57. The van der Waals surface area contributed by atoms with Gasteiger partial charge in [-0.05, 0) is 18.6 Å². The molecule has 0 saturated heterocycles. The van der Waals surface area contributed by atoms with Gasteiger partial charge in [0.1, 0.15) is 0 Å². The fourth-order valence-electron chi connectivity index (χ4n) is 0.877. The van der Waals surface area contributed by atoms with E-state index in [-0.39, 0.29) is 0 Å². The molecule has 0 saturated carbocycles. The fourth-order valence-corrected chi connectivity index (χ4v) is 0.877. The maximum Gasteiger partial charge on any atom is 0.0685 e. The Kier molecular flexibility index (Phi) is 5.01. The van der Waals surface area contributed by atoms with E-state index in [1.54, 1.807) is 12.4 Å². The first-order valence-corrected chi connectivity index (χ1v) is 4.55. The number of hydrogen-bond donors (Lipinski definition) is 1. The summed E-state index contributed by atoms with van der Waals surface area (Å²) < 4.78 is 0. The predicted molar refractivity (Wildman–Crippen MR) is 57.0 cm³/mol. The van der Waals surface area contributed by atoms with E-state index in [2.05, 4.69) is 27.3 Å². The molecular weight excluding hydrogens is 176 g/mol. The first-order chi connectivity index (χ1) is 6.93. The van der Waals surface area contributed by atoms with Crippen molar-refractivity contribution in [2.24, 2.45) is 5.10 Å². The van der Waals surface area contributed by atoms with Crippen molar-refractivity contribution >= 4 is 6.21 Å². The average molecular weight is 190 g/mol. The number of aromatic nitrogens is 2. The van der Waals surface area contributed by atoms with Crippen molar-refractivity contribution in [3.8, 4) is 0 Å². The Morgan fingerprint density at radius 1 is 1.57 bits per heavy atom. The van der Waals surface area contributed by atoms with Crippen LogP contribution in [0.25, 0.3) is 0 Å². The highest BCUT2D eigenvalue weighted by Gasteiger charge is 1.88. The molecule has 74 valence electrons. The maximum atomic E-state index is 4.01. The summed E-state index contributed by atoms with van der Waals surface area (Å²) in [5.74, 6) is 0. The molecule has 0 radical (unpaired) electrons. The molecule has 0 amide bonds. The van der Waals surface area contributed by atoms with Crippen molar-refractivity contribution in [1.29, 1.82) is 0 Å². The lowest BCUT2D eigenvalue weighted by atomic mass is 10.3. The molecule has 1 rings (SSSR count). The molecule has 0 aliphatic heterocycles. The number of nitrogens with one attached hydrogen (secondary N) is 1. The average Bonchev–Trinajstić information content (AvgIpc) is 2.25. The van der Waals surface area contributed by atoms with Crippen molar-refractivity contribution in [3.63, 3.8) is 0 Å². The third kappa shape index (κ3) is 4.35. The van der Waals surface area contributed by atoms with Crippen molar-refractivity contribution in [2.75, 3.05) is 6.54 Å². The molecule has 0 atom stereocenters. The second-order valence-electron chi connectivity index (χ2n) is 2.72. The second kappa shape index (κ2) is 6.77. The lowest BCUT2D eigenvalue weighted by Crippen LogP contribution is -2.07. The monoisotopic (exact) mass is 190 g/mol. The van der Waals surface area contributed by atoms with Crippen molar-refractivity contribution in [3.05, 3.63) is 36.7 Å². The van der Waals surface area contributed by atoms with Crippen LogP contribution in [0.3, 0.4) is 0 Å². The summed E-state index contributed by atoms with van der Waals surface area (Å²) in [5, 5.41) is 11.7. The lowest BCUT2D eigenvalue weighted by Gasteiger charge is -1.95. The minimum absolute atomic E-state index is 0.703. The molecule has 0 bridgehead atoms. The van der Waals surface area contributed by atoms with Gasteiger partial charge in [0.25, 0.3) is 0 Å². The summed E-state index contributed by atoms with van der Waals surface area (Å²) in [7, 11) is 0. The van der Waals surface area contributed by atoms with Gasteiger partial charge in [-0.15, -0.1) is 6.58 Å². The zero-order chi connectivity index (χ0) is 10.1. The first-order valence-electron chi connectivity index (χ1n) is 4.55. The minimum atomic E-state index is 0.703. The van der Waals surface area contributed by atoms with Gasteiger partial charge in [0.2, 0.25) is 0 Å². The standard InChI is InChI=1S/C10H14N4/c1-2-3-7-11-12-9-6-10-5-4-8-13-14-10/h2,4-5,8-9,11H,1,3,6-7H2/b12-9+. The Morgan fingerprint density at radius 2 is 2.50 bits per heavy atom. The molecule has 14 heavy (non-hydrogen) atoms. The zero-order valence-electron chi connectivity index (χ0n) is 8.06. The summed E-state index contributed by atoms with van der Waals surface area (Å²) in [6.07, 6.45) is 6.92. The summed E-state index contributed by atoms with van der Waals surface area (Å²) in [6, 6.07) is 3.78. The van der Waals surface area contributed by atoms with Crippen LogP contribution >= 0.6 is 0 Å². The van der Waals surface area contributed by atoms with Crippen LogP contribution in [0.1, 0.15) is 12.1 Å². The molecule has 0 fully saturated rings. The molecule has 4 heteroatoms. The van der Waals surface area contributed by atoms with Gasteiger partial charge in [0.15, 0.2) is 0 Å². The van der Waals surface area contributed by atoms with E-state index in [1.807, 2.05) is 18.2 Å². The van der Waals surface area contributed by atoms with Gasteiger partial charge in [-0.2, -0.15) is 15.3 Å². The normalized spacial score (nSPS) is 10.3. The topological polar surface area (TPSA) is 50.2 Å². The summed E-state index contributed by atoms with van der Waals surface area (Å²) in [4.78, 5) is 0. The fraction of sp³-hybridized carbons (Fsp3) is 0.300. The highest BCUT2D eigenvalue weighted by molar-refractivity contribution is 5.59. The lowest BCUT2D eigenvalue weighted by molar-refractivity contribution is 0.744. The van der Waals surface area contributed by atoms with Crippen LogP contribution in [0.15, 0.2) is 36.1 Å². The minimum Gasteiger partial charge on any atom is -0.310 e. The smallest absolute Gasteiger partial charge is 0.0685 e. The first kappa shape index (κ1) is 10.4. The van der Waals surface area contributed by atoms with Crippen LogP contribution < -0.4 is 5.43 Å². The molecule has 1 aromatic rings. The number of hydrazone groups is 1. The van der Waals surface area contributed by atoms with Crippen LogP contribution in [-0.2, 0) is 6.42 Å². The van der Waals surface area contributed by atoms with Crippen molar-refractivity contribution < 1.29 is 0 Å². The van der Waals surface area contributed by atoms with Gasteiger partial charge in [0, 0.05) is 25.4 Å². The van der Waals surface area contributed by atoms with Gasteiger partial charge in [-0.1, -0.05) is 6.08 Å². The molecule has 1 N–H and O–H groups in total. The SMILES string of the molecule is C=CCCN/N=C/Cc1cccnn1. The van der Waals surface area contributed by atoms with E-state index in [0.29, 0.717) is 6.42 Å². The summed E-state index contributed by atoms with van der Waals surface area (Å²) in [5.41, 5.74) is 3.82. The number of hydrogen-bond acceptors (Lipinski definition) is 4. The third-order valence-corrected chi connectivity index (χ3v) is 1.57. The van der Waals surface area contributed by atoms with E-state index in [9.17, 15) is 0 Å². The van der Waals surface area contributed by atoms with Crippen molar-refractivity contribution in [1.82, 2.24) is 15.6 Å². The highest BCUT2D eigenvalue weighted by Crippen LogP contribution is 1.89. The van der Waals surface area contributed by atoms with E-state index in [4.69, 9.17) is 0 Å². The van der Waals surface area contributed by atoms with Gasteiger partial charge >= 0.3 is 0 Å². The van der Waals surface area contributed by atoms with E-state index >= 15 is 0 Å². The molecule has 1 heterocycles. The molecule has 0 spiro atoms. The largest absolute Gasteiger partial charge is 0.310 e. The molecule has 0 aliphatic rings. The van der Waals surface area contributed by atoms with E-state index in [0.717, 1.165) is 18.7 Å². The molecule has 4 nitrogen and oxygen atoms in total.